The van der Waals surface area contributed by atoms with E-state index in [0.717, 1.165) is 30.3 Å². The van der Waals surface area contributed by atoms with Crippen molar-refractivity contribution in [2.75, 3.05) is 13.7 Å². The summed E-state index contributed by atoms with van der Waals surface area (Å²) in [5, 5.41) is 10.8. The molecular formula is C15H20N4O3. The number of fused-ring (bicyclic) bond motifs is 1. The molecular weight excluding hydrogens is 284 g/mol. The van der Waals surface area contributed by atoms with Crippen LogP contribution in [0.4, 0.5) is 0 Å². The van der Waals surface area contributed by atoms with Crippen molar-refractivity contribution in [2.45, 2.75) is 32.2 Å². The number of amides is 1. The number of aromatic nitrogens is 3. The van der Waals surface area contributed by atoms with Gasteiger partial charge in [0.1, 0.15) is 12.1 Å². The summed E-state index contributed by atoms with van der Waals surface area (Å²) in [4.78, 5) is 22.8. The van der Waals surface area contributed by atoms with Gasteiger partial charge in [-0.15, -0.1) is 5.10 Å². The van der Waals surface area contributed by atoms with E-state index < -0.39 is 0 Å². The second-order valence-corrected chi connectivity index (χ2v) is 4.97. The highest BCUT2D eigenvalue weighted by molar-refractivity contribution is 5.79. The van der Waals surface area contributed by atoms with Gasteiger partial charge in [-0.3, -0.25) is 9.59 Å². The lowest BCUT2D eigenvalue weighted by Crippen LogP contribution is -2.28. The average Bonchev–Trinajstić information content (AvgIpc) is 2.93. The fourth-order valence-corrected chi connectivity index (χ4v) is 2.13. The zero-order valence-electron chi connectivity index (χ0n) is 12.6. The number of nitrogens with one attached hydrogen (secondary N) is 1. The molecule has 0 saturated carbocycles. The number of methoxy groups -OCH3 is 1. The van der Waals surface area contributed by atoms with E-state index in [1.165, 1.54) is 7.11 Å². The number of carbonyl (C=O) groups is 2. The van der Waals surface area contributed by atoms with Crippen molar-refractivity contribution in [1.29, 1.82) is 0 Å². The van der Waals surface area contributed by atoms with Gasteiger partial charge in [0.25, 0.3) is 0 Å². The number of hydrogen-bond donors (Lipinski definition) is 1. The van der Waals surface area contributed by atoms with E-state index >= 15 is 0 Å². The molecule has 118 valence electrons. The van der Waals surface area contributed by atoms with Crippen molar-refractivity contribution in [3.63, 3.8) is 0 Å². The van der Waals surface area contributed by atoms with Crippen LogP contribution in [-0.2, 0) is 20.9 Å². The Morgan fingerprint density at radius 1 is 1.23 bits per heavy atom. The summed E-state index contributed by atoms with van der Waals surface area (Å²) in [6.07, 6.45) is 2.91. The Labute approximate surface area is 128 Å². The van der Waals surface area contributed by atoms with E-state index in [-0.39, 0.29) is 18.4 Å². The lowest BCUT2D eigenvalue weighted by atomic mass is 10.2. The van der Waals surface area contributed by atoms with Crippen molar-refractivity contribution in [3.8, 4) is 0 Å². The maximum absolute atomic E-state index is 11.9. The van der Waals surface area contributed by atoms with Crippen LogP contribution >= 0.6 is 0 Å². The van der Waals surface area contributed by atoms with Crippen molar-refractivity contribution in [1.82, 2.24) is 20.3 Å². The number of ether oxygens (including phenoxy) is 1. The zero-order valence-corrected chi connectivity index (χ0v) is 12.6. The van der Waals surface area contributed by atoms with Gasteiger partial charge in [0.05, 0.1) is 12.6 Å². The van der Waals surface area contributed by atoms with Gasteiger partial charge in [0.15, 0.2) is 0 Å². The predicted octanol–water partition coefficient (Wildman–Crippen LogP) is 1.28. The molecule has 0 bridgehead atoms. The molecule has 0 aliphatic rings. The molecule has 0 radical (unpaired) electrons. The van der Waals surface area contributed by atoms with Gasteiger partial charge < -0.3 is 10.1 Å². The van der Waals surface area contributed by atoms with Crippen LogP contribution in [0.1, 0.15) is 25.7 Å². The van der Waals surface area contributed by atoms with Gasteiger partial charge in [0, 0.05) is 13.0 Å². The molecule has 1 amide bonds. The fourth-order valence-electron chi connectivity index (χ4n) is 2.13. The molecule has 0 aliphatic heterocycles. The van der Waals surface area contributed by atoms with E-state index in [1.54, 1.807) is 4.68 Å². The molecule has 2 aromatic rings. The maximum Gasteiger partial charge on any atom is 0.305 e. The quantitative estimate of drug-likeness (QED) is 0.586. The van der Waals surface area contributed by atoms with Crippen molar-refractivity contribution >= 4 is 22.9 Å². The molecule has 0 atom stereocenters. The summed E-state index contributed by atoms with van der Waals surface area (Å²) >= 11 is 0. The molecule has 0 fully saturated rings. The molecule has 7 heteroatoms. The fraction of sp³-hybridized carbons (Fsp3) is 0.467. The molecule has 2 rings (SSSR count). The largest absolute Gasteiger partial charge is 0.469 e. The van der Waals surface area contributed by atoms with Crippen LogP contribution in [0.25, 0.3) is 11.0 Å². The number of rotatable bonds is 8. The summed E-state index contributed by atoms with van der Waals surface area (Å²) in [5.74, 6) is -0.286. The van der Waals surface area contributed by atoms with Gasteiger partial charge in [0.2, 0.25) is 5.91 Å². The van der Waals surface area contributed by atoms with Crippen molar-refractivity contribution < 1.29 is 14.3 Å². The van der Waals surface area contributed by atoms with Gasteiger partial charge in [-0.1, -0.05) is 23.8 Å². The van der Waals surface area contributed by atoms with Crippen LogP contribution in [-0.4, -0.2) is 40.5 Å². The molecule has 22 heavy (non-hydrogen) atoms. The number of nitrogens with zero attached hydrogens (tertiary/aromatic N) is 3. The molecule has 0 aliphatic carbocycles. The summed E-state index contributed by atoms with van der Waals surface area (Å²) in [5.41, 5.74) is 1.62. The summed E-state index contributed by atoms with van der Waals surface area (Å²) in [6.45, 7) is 0.745. The number of esters is 1. The first-order valence-electron chi connectivity index (χ1n) is 7.32. The summed E-state index contributed by atoms with van der Waals surface area (Å²) in [7, 11) is 1.39. The minimum atomic E-state index is -0.193. The van der Waals surface area contributed by atoms with Crippen LogP contribution in [0.3, 0.4) is 0 Å². The Hall–Kier alpha value is -2.44. The molecule has 1 aromatic heterocycles. The van der Waals surface area contributed by atoms with Crippen molar-refractivity contribution in [3.05, 3.63) is 24.3 Å². The highest BCUT2D eigenvalue weighted by atomic mass is 16.5. The number of unbranched alkanes of at least 4 members (excludes halogenated alkanes) is 2. The molecule has 7 nitrogen and oxygen atoms in total. The second-order valence-electron chi connectivity index (χ2n) is 4.97. The van der Waals surface area contributed by atoms with Crippen LogP contribution in [0.5, 0.6) is 0 Å². The van der Waals surface area contributed by atoms with Crippen LogP contribution in [0.2, 0.25) is 0 Å². The standard InChI is InChI=1S/C15H20N4O3/c1-22-15(21)9-3-2-6-10-16-14(20)11-19-13-8-5-4-7-12(13)17-18-19/h4-5,7-8H,2-3,6,9-11H2,1H3,(H,16,20). The van der Waals surface area contributed by atoms with Gasteiger partial charge in [-0.05, 0) is 25.0 Å². The topological polar surface area (TPSA) is 86.1 Å². The highest BCUT2D eigenvalue weighted by Crippen LogP contribution is 2.09. The van der Waals surface area contributed by atoms with Crippen molar-refractivity contribution in [2.24, 2.45) is 0 Å². The van der Waals surface area contributed by atoms with Gasteiger partial charge in [-0.2, -0.15) is 0 Å². The molecule has 0 saturated heterocycles. The Balaban J connectivity index is 1.67. The van der Waals surface area contributed by atoms with Gasteiger partial charge in [-0.25, -0.2) is 4.68 Å². The third kappa shape index (κ3) is 4.54. The van der Waals surface area contributed by atoms with Crippen LogP contribution < -0.4 is 5.32 Å². The Morgan fingerprint density at radius 2 is 2.05 bits per heavy atom. The number of benzene rings is 1. The third-order valence-electron chi connectivity index (χ3n) is 3.32. The lowest BCUT2D eigenvalue weighted by Gasteiger charge is -2.05. The zero-order chi connectivity index (χ0) is 15.8. The summed E-state index contributed by atoms with van der Waals surface area (Å²) < 4.78 is 6.15. The van der Waals surface area contributed by atoms with E-state index in [2.05, 4.69) is 20.4 Å². The minimum absolute atomic E-state index is 0.0939. The van der Waals surface area contributed by atoms with Crippen LogP contribution in [0.15, 0.2) is 24.3 Å². The third-order valence-corrected chi connectivity index (χ3v) is 3.32. The highest BCUT2D eigenvalue weighted by Gasteiger charge is 2.07. The molecule has 0 unspecified atom stereocenters. The van der Waals surface area contributed by atoms with Gasteiger partial charge >= 0.3 is 5.97 Å². The van der Waals surface area contributed by atoms with E-state index in [9.17, 15) is 9.59 Å². The minimum Gasteiger partial charge on any atom is -0.469 e. The predicted molar refractivity (Wildman–Crippen MR) is 81.0 cm³/mol. The number of hydrogen-bond acceptors (Lipinski definition) is 5. The normalized spacial score (nSPS) is 10.6. The first-order valence-corrected chi connectivity index (χ1v) is 7.32. The smallest absolute Gasteiger partial charge is 0.305 e. The number of carbonyl (C=O) groups excluding carboxylic acids is 2. The summed E-state index contributed by atoms with van der Waals surface area (Å²) in [6, 6.07) is 7.52. The van der Waals surface area contributed by atoms with E-state index in [1.807, 2.05) is 24.3 Å². The maximum atomic E-state index is 11.9. The molecule has 0 spiro atoms. The monoisotopic (exact) mass is 304 g/mol. The number of para-hydroxylation sites is 1. The average molecular weight is 304 g/mol. The first-order chi connectivity index (χ1) is 10.7. The SMILES string of the molecule is COC(=O)CCCCCNC(=O)Cn1nnc2ccccc21. The molecule has 1 N–H and O–H groups in total. The van der Waals surface area contributed by atoms with E-state index in [4.69, 9.17) is 0 Å². The second kappa shape index (κ2) is 8.11. The Morgan fingerprint density at radius 3 is 2.86 bits per heavy atom. The lowest BCUT2D eigenvalue weighted by molar-refractivity contribution is -0.140. The molecule has 1 heterocycles. The molecule has 1 aromatic carbocycles. The van der Waals surface area contributed by atoms with E-state index in [0.29, 0.717) is 13.0 Å². The Bertz CT molecular complexity index is 639. The van der Waals surface area contributed by atoms with Crippen LogP contribution in [0, 0.1) is 0 Å². The first kappa shape index (κ1) is 15.9. The Kier molecular flexibility index (Phi) is 5.88.